The summed E-state index contributed by atoms with van der Waals surface area (Å²) in [5.74, 6) is -4.67. The van der Waals surface area contributed by atoms with Gasteiger partial charge in [0.15, 0.2) is 11.6 Å². The SMILES string of the molecule is CS(=O)(=O)CCNC(=O)c1cc(S(N)(=O)=O)cc(F)c1F. The zero-order chi connectivity index (χ0) is 16.4. The van der Waals surface area contributed by atoms with Gasteiger partial charge in [0.1, 0.15) is 9.84 Å². The smallest absolute Gasteiger partial charge is 0.254 e. The molecule has 3 N–H and O–H groups in total. The lowest BCUT2D eigenvalue weighted by atomic mass is 10.2. The van der Waals surface area contributed by atoms with E-state index in [1.807, 2.05) is 5.32 Å². The van der Waals surface area contributed by atoms with Crippen molar-refractivity contribution in [2.24, 2.45) is 5.14 Å². The van der Waals surface area contributed by atoms with Crippen LogP contribution >= 0.6 is 0 Å². The fraction of sp³-hybridized carbons (Fsp3) is 0.300. The molecule has 1 aromatic rings. The molecule has 0 aromatic heterocycles. The number of rotatable bonds is 5. The van der Waals surface area contributed by atoms with Crippen molar-refractivity contribution in [3.8, 4) is 0 Å². The minimum absolute atomic E-state index is 0.335. The number of nitrogens with one attached hydrogen (secondary N) is 1. The summed E-state index contributed by atoms with van der Waals surface area (Å²) in [6, 6.07) is 0.918. The number of halogens is 2. The van der Waals surface area contributed by atoms with Crippen molar-refractivity contribution in [2.75, 3.05) is 18.6 Å². The first-order valence-electron chi connectivity index (χ1n) is 5.39. The van der Waals surface area contributed by atoms with E-state index in [-0.39, 0.29) is 6.54 Å². The Morgan fingerprint density at radius 2 is 1.81 bits per heavy atom. The molecule has 0 aliphatic carbocycles. The Hall–Kier alpha value is -1.59. The highest BCUT2D eigenvalue weighted by atomic mass is 32.2. The van der Waals surface area contributed by atoms with Crippen LogP contribution in [0.5, 0.6) is 0 Å². The van der Waals surface area contributed by atoms with Gasteiger partial charge in [-0.1, -0.05) is 0 Å². The Bertz CT molecular complexity index is 775. The van der Waals surface area contributed by atoms with Crippen molar-refractivity contribution in [3.05, 3.63) is 29.3 Å². The van der Waals surface area contributed by atoms with Gasteiger partial charge >= 0.3 is 0 Å². The van der Waals surface area contributed by atoms with Gasteiger partial charge in [-0.05, 0) is 12.1 Å². The van der Waals surface area contributed by atoms with Gasteiger partial charge in [0.25, 0.3) is 5.91 Å². The molecule has 0 unspecified atom stereocenters. The Labute approximate surface area is 120 Å². The van der Waals surface area contributed by atoms with Gasteiger partial charge in [-0.2, -0.15) is 0 Å². The normalized spacial score (nSPS) is 12.2. The number of nitrogens with two attached hydrogens (primary N) is 1. The van der Waals surface area contributed by atoms with E-state index in [1.54, 1.807) is 0 Å². The van der Waals surface area contributed by atoms with Crippen LogP contribution in [0.15, 0.2) is 17.0 Å². The molecule has 0 saturated heterocycles. The Kier molecular flexibility index (Phi) is 5.02. The molecule has 0 spiro atoms. The van der Waals surface area contributed by atoms with Gasteiger partial charge in [-0.15, -0.1) is 0 Å². The molecule has 0 saturated carbocycles. The first-order chi connectivity index (χ1) is 9.42. The van der Waals surface area contributed by atoms with E-state index in [0.717, 1.165) is 6.26 Å². The molecular formula is C10H12F2N2O5S2. The van der Waals surface area contributed by atoms with Gasteiger partial charge in [-0.25, -0.2) is 30.8 Å². The van der Waals surface area contributed by atoms with Gasteiger partial charge < -0.3 is 5.32 Å². The third kappa shape index (κ3) is 5.02. The fourth-order valence-corrected chi connectivity index (χ4v) is 2.36. The number of sulfonamides is 1. The lowest BCUT2D eigenvalue weighted by molar-refractivity contribution is 0.0950. The predicted octanol–water partition coefficient (Wildman–Crippen LogP) is -0.613. The summed E-state index contributed by atoms with van der Waals surface area (Å²) in [5.41, 5.74) is -0.882. The maximum Gasteiger partial charge on any atom is 0.254 e. The zero-order valence-electron chi connectivity index (χ0n) is 10.8. The average molecular weight is 342 g/mol. The molecule has 1 amide bonds. The highest BCUT2D eigenvalue weighted by Gasteiger charge is 2.21. The van der Waals surface area contributed by atoms with Crippen molar-refractivity contribution < 1.29 is 30.4 Å². The number of sulfone groups is 1. The minimum atomic E-state index is -4.32. The van der Waals surface area contributed by atoms with E-state index in [2.05, 4.69) is 0 Å². The van der Waals surface area contributed by atoms with Gasteiger partial charge in [0.2, 0.25) is 10.0 Å². The van der Waals surface area contributed by atoms with Crippen LogP contribution < -0.4 is 10.5 Å². The Morgan fingerprint density at radius 3 is 2.29 bits per heavy atom. The van der Waals surface area contributed by atoms with Crippen LogP contribution in [0, 0.1) is 11.6 Å². The zero-order valence-corrected chi connectivity index (χ0v) is 12.4. The first-order valence-corrected chi connectivity index (χ1v) is 9.00. The molecule has 0 atom stereocenters. The van der Waals surface area contributed by atoms with Crippen LogP contribution in [0.1, 0.15) is 10.4 Å². The second kappa shape index (κ2) is 6.03. The number of hydrogen-bond acceptors (Lipinski definition) is 5. The molecule has 0 aliphatic heterocycles. The monoisotopic (exact) mass is 342 g/mol. The van der Waals surface area contributed by atoms with Crippen LogP contribution in [0.4, 0.5) is 8.78 Å². The molecule has 0 aliphatic rings. The minimum Gasteiger partial charge on any atom is -0.351 e. The predicted molar refractivity (Wildman–Crippen MR) is 69.8 cm³/mol. The van der Waals surface area contributed by atoms with Crippen molar-refractivity contribution in [1.82, 2.24) is 5.32 Å². The van der Waals surface area contributed by atoms with E-state index in [1.165, 1.54) is 0 Å². The van der Waals surface area contributed by atoms with E-state index in [0.29, 0.717) is 12.1 Å². The molecule has 0 radical (unpaired) electrons. The second-order valence-electron chi connectivity index (χ2n) is 4.20. The maximum absolute atomic E-state index is 13.5. The van der Waals surface area contributed by atoms with Crippen LogP contribution in [0.3, 0.4) is 0 Å². The van der Waals surface area contributed by atoms with Crippen LogP contribution in [0.25, 0.3) is 0 Å². The molecule has 0 fully saturated rings. The van der Waals surface area contributed by atoms with Crippen molar-refractivity contribution >= 4 is 25.8 Å². The lowest BCUT2D eigenvalue weighted by Gasteiger charge is -2.08. The number of carbonyl (C=O) groups excluding carboxylic acids is 1. The fourth-order valence-electron chi connectivity index (χ4n) is 1.34. The third-order valence-electron chi connectivity index (χ3n) is 2.33. The second-order valence-corrected chi connectivity index (χ2v) is 8.02. The number of carbonyl (C=O) groups is 1. The first kappa shape index (κ1) is 17.5. The van der Waals surface area contributed by atoms with E-state index in [4.69, 9.17) is 5.14 Å². The topological polar surface area (TPSA) is 123 Å². The summed E-state index contributed by atoms with van der Waals surface area (Å²) in [5, 5.41) is 6.82. The molecule has 0 bridgehead atoms. The summed E-state index contributed by atoms with van der Waals surface area (Å²) in [7, 11) is -7.67. The summed E-state index contributed by atoms with van der Waals surface area (Å²) >= 11 is 0. The Balaban J connectivity index is 3.07. The van der Waals surface area contributed by atoms with Crippen LogP contribution in [-0.2, 0) is 19.9 Å². The lowest BCUT2D eigenvalue weighted by Crippen LogP contribution is -2.30. The molecule has 1 aromatic carbocycles. The van der Waals surface area contributed by atoms with E-state index in [9.17, 15) is 30.4 Å². The molecule has 118 valence electrons. The summed E-state index contributed by atoms with van der Waals surface area (Å²) in [4.78, 5) is 10.9. The third-order valence-corrected chi connectivity index (χ3v) is 4.17. The average Bonchev–Trinajstić information content (AvgIpc) is 2.29. The summed E-state index contributed by atoms with van der Waals surface area (Å²) in [6.07, 6.45) is 0.932. The molecule has 1 rings (SSSR count). The van der Waals surface area contributed by atoms with Crippen molar-refractivity contribution in [1.29, 1.82) is 0 Å². The standard InChI is InChI=1S/C10H12F2N2O5S2/c1-20(16,17)3-2-14-10(15)7-4-6(21(13,18)19)5-8(11)9(7)12/h4-5H,2-3H2,1H3,(H,14,15)(H2,13,18,19). The van der Waals surface area contributed by atoms with Gasteiger partial charge in [0.05, 0.1) is 16.2 Å². The van der Waals surface area contributed by atoms with Crippen molar-refractivity contribution in [3.63, 3.8) is 0 Å². The molecular weight excluding hydrogens is 330 g/mol. The molecule has 7 nitrogen and oxygen atoms in total. The number of primary sulfonamides is 1. The quantitative estimate of drug-likeness (QED) is 0.738. The molecule has 11 heteroatoms. The summed E-state index contributed by atoms with van der Waals surface area (Å²) in [6.45, 7) is -0.335. The van der Waals surface area contributed by atoms with Crippen LogP contribution in [-0.4, -0.2) is 41.3 Å². The number of amides is 1. The maximum atomic E-state index is 13.5. The van der Waals surface area contributed by atoms with Gasteiger partial charge in [0, 0.05) is 12.8 Å². The number of benzene rings is 1. The summed E-state index contributed by atoms with van der Waals surface area (Å²) < 4.78 is 70.7. The molecule has 21 heavy (non-hydrogen) atoms. The van der Waals surface area contributed by atoms with E-state index < -0.39 is 53.6 Å². The van der Waals surface area contributed by atoms with Crippen LogP contribution in [0.2, 0.25) is 0 Å². The number of hydrogen-bond donors (Lipinski definition) is 2. The largest absolute Gasteiger partial charge is 0.351 e. The van der Waals surface area contributed by atoms with Gasteiger partial charge in [-0.3, -0.25) is 4.79 Å². The highest BCUT2D eigenvalue weighted by molar-refractivity contribution is 7.90. The highest BCUT2D eigenvalue weighted by Crippen LogP contribution is 2.17. The molecule has 0 heterocycles. The van der Waals surface area contributed by atoms with E-state index >= 15 is 0 Å². The van der Waals surface area contributed by atoms with Crippen molar-refractivity contribution in [2.45, 2.75) is 4.90 Å². The Morgan fingerprint density at radius 1 is 1.24 bits per heavy atom.